The molecule has 0 aliphatic heterocycles. The second kappa shape index (κ2) is 4.80. The first-order chi connectivity index (χ1) is 7.29. The third-order valence-electron chi connectivity index (χ3n) is 3.43. The number of rotatable bonds is 3. The topological polar surface area (TPSA) is 20.2 Å². The van der Waals surface area contributed by atoms with Crippen molar-refractivity contribution in [1.82, 2.24) is 0 Å². The van der Waals surface area contributed by atoms with Gasteiger partial charge in [0.2, 0.25) is 0 Å². The van der Waals surface area contributed by atoms with E-state index in [1.54, 1.807) is 0 Å². The smallest absolute Gasteiger partial charge is 0.0651 e. The summed E-state index contributed by atoms with van der Waals surface area (Å²) in [6, 6.07) is 11.1. The zero-order chi connectivity index (χ0) is 10.6. The van der Waals surface area contributed by atoms with Crippen molar-refractivity contribution in [1.29, 1.82) is 0 Å². The molecule has 1 N–H and O–H groups in total. The number of hydrogen-bond acceptors (Lipinski definition) is 1. The second-order valence-corrected chi connectivity index (χ2v) is 4.70. The lowest BCUT2D eigenvalue weighted by Crippen LogP contribution is -2.31. The molecule has 1 saturated carbocycles. The molecule has 1 fully saturated rings. The normalized spacial score (nSPS) is 20.1. The predicted molar refractivity (Wildman–Crippen MR) is 61.6 cm³/mol. The fourth-order valence-electron chi connectivity index (χ4n) is 2.42. The number of benzene rings is 1. The molecule has 1 aromatic carbocycles. The lowest BCUT2D eigenvalue weighted by atomic mass is 9.81. The number of aliphatic hydroxyl groups is 1. The summed E-state index contributed by atoms with van der Waals surface area (Å²) in [5.41, 5.74) is 0.908. The molecule has 0 atom stereocenters. The van der Waals surface area contributed by atoms with Crippen LogP contribution >= 0.6 is 0 Å². The van der Waals surface area contributed by atoms with Crippen LogP contribution < -0.4 is 0 Å². The molecule has 1 aliphatic rings. The van der Waals surface area contributed by atoms with E-state index < -0.39 is 0 Å². The van der Waals surface area contributed by atoms with E-state index in [-0.39, 0.29) is 5.60 Å². The maximum Gasteiger partial charge on any atom is 0.0651 e. The Morgan fingerprint density at radius 1 is 1.27 bits per heavy atom. The highest BCUT2D eigenvalue weighted by Gasteiger charge is 2.28. The summed E-state index contributed by atoms with van der Waals surface area (Å²) >= 11 is 0. The van der Waals surface area contributed by atoms with E-state index in [9.17, 15) is 5.11 Å². The van der Waals surface area contributed by atoms with Gasteiger partial charge in [0, 0.05) is 0 Å². The lowest BCUT2D eigenvalue weighted by molar-refractivity contribution is -0.00341. The molecule has 0 unspecified atom stereocenters. The first kappa shape index (κ1) is 10.7. The van der Waals surface area contributed by atoms with Crippen molar-refractivity contribution >= 4 is 0 Å². The molecule has 15 heavy (non-hydrogen) atoms. The van der Waals surface area contributed by atoms with Crippen molar-refractivity contribution in [3.8, 4) is 0 Å². The number of hydrogen-bond donors (Lipinski definition) is 1. The largest absolute Gasteiger partial charge is 0.390 e. The number of aryl methyl sites for hydroxylation is 1. The van der Waals surface area contributed by atoms with Crippen LogP contribution in [0.2, 0.25) is 0 Å². The van der Waals surface area contributed by atoms with Crippen molar-refractivity contribution in [3.63, 3.8) is 0 Å². The van der Waals surface area contributed by atoms with Gasteiger partial charge in [0.1, 0.15) is 0 Å². The summed E-state index contributed by atoms with van der Waals surface area (Å²) in [7, 11) is 0. The van der Waals surface area contributed by atoms with Gasteiger partial charge in [0.25, 0.3) is 0 Å². The summed E-state index contributed by atoms with van der Waals surface area (Å²) in [6.07, 6.45) is 7.54. The summed E-state index contributed by atoms with van der Waals surface area (Å²) < 4.78 is 0. The Morgan fingerprint density at radius 2 is 2.07 bits per heavy atom. The Bertz CT molecular complexity index is 285. The van der Waals surface area contributed by atoms with E-state index in [2.05, 4.69) is 12.1 Å². The van der Waals surface area contributed by atoms with Gasteiger partial charge in [-0.25, -0.2) is 0 Å². The van der Waals surface area contributed by atoms with Crippen molar-refractivity contribution in [2.24, 2.45) is 0 Å². The summed E-state index contributed by atoms with van der Waals surface area (Å²) in [5.74, 6) is 0. The Hall–Kier alpha value is -0.820. The third kappa shape index (κ3) is 3.07. The molecular weight excluding hydrogens is 184 g/mol. The molecule has 2 rings (SSSR count). The van der Waals surface area contributed by atoms with Crippen LogP contribution in [0, 0.1) is 6.07 Å². The van der Waals surface area contributed by atoms with Gasteiger partial charge < -0.3 is 5.11 Å². The molecule has 0 heterocycles. The maximum atomic E-state index is 10.3. The fraction of sp³-hybridized carbons (Fsp3) is 0.571. The van der Waals surface area contributed by atoms with Crippen molar-refractivity contribution < 1.29 is 5.11 Å². The Kier molecular flexibility index (Phi) is 3.42. The van der Waals surface area contributed by atoms with Gasteiger partial charge in [-0.05, 0) is 37.3 Å². The molecular formula is C14H19O. The summed E-state index contributed by atoms with van der Waals surface area (Å²) in [5, 5.41) is 10.3. The lowest BCUT2D eigenvalue weighted by Gasteiger charge is -2.32. The van der Waals surface area contributed by atoms with Gasteiger partial charge in [0.05, 0.1) is 5.60 Å². The first-order valence-corrected chi connectivity index (χ1v) is 5.96. The van der Waals surface area contributed by atoms with Crippen molar-refractivity contribution in [2.45, 2.75) is 50.5 Å². The highest BCUT2D eigenvalue weighted by molar-refractivity contribution is 5.14. The van der Waals surface area contributed by atoms with Crippen LogP contribution in [-0.4, -0.2) is 10.7 Å². The quantitative estimate of drug-likeness (QED) is 0.800. The molecule has 0 saturated heterocycles. The molecule has 0 bridgehead atoms. The van der Waals surface area contributed by atoms with Gasteiger partial charge in [-0.2, -0.15) is 0 Å². The van der Waals surface area contributed by atoms with Gasteiger partial charge in [0.15, 0.2) is 0 Å². The van der Waals surface area contributed by atoms with E-state index in [1.165, 1.54) is 24.8 Å². The van der Waals surface area contributed by atoms with Gasteiger partial charge in [-0.3, -0.25) is 0 Å². The molecule has 1 aliphatic carbocycles. The highest BCUT2D eigenvalue weighted by Crippen LogP contribution is 2.31. The van der Waals surface area contributed by atoms with Gasteiger partial charge in [-0.1, -0.05) is 43.5 Å². The van der Waals surface area contributed by atoms with Crippen LogP contribution in [0.3, 0.4) is 0 Å². The third-order valence-corrected chi connectivity index (χ3v) is 3.43. The molecule has 1 heteroatoms. The first-order valence-electron chi connectivity index (χ1n) is 5.96. The van der Waals surface area contributed by atoms with Crippen LogP contribution in [0.15, 0.2) is 24.3 Å². The Balaban J connectivity index is 1.87. The van der Waals surface area contributed by atoms with Crippen LogP contribution in [-0.2, 0) is 6.42 Å². The van der Waals surface area contributed by atoms with E-state index in [0.29, 0.717) is 0 Å². The van der Waals surface area contributed by atoms with Crippen LogP contribution in [0.5, 0.6) is 0 Å². The Morgan fingerprint density at radius 3 is 2.73 bits per heavy atom. The molecule has 1 radical (unpaired) electrons. The average Bonchev–Trinajstić information content (AvgIpc) is 2.29. The molecule has 0 amide bonds. The standard InChI is InChI=1S/C14H19O/c15-14(10-5-2-6-11-14)12-9-13-7-3-1-4-8-13/h1,3,7-8,15H,2,5-6,9-12H2. The van der Waals surface area contributed by atoms with E-state index >= 15 is 0 Å². The van der Waals surface area contributed by atoms with E-state index in [1.807, 2.05) is 18.2 Å². The summed E-state index contributed by atoms with van der Waals surface area (Å²) in [6.45, 7) is 0. The zero-order valence-corrected chi connectivity index (χ0v) is 9.21. The average molecular weight is 203 g/mol. The highest BCUT2D eigenvalue weighted by atomic mass is 16.3. The van der Waals surface area contributed by atoms with Crippen molar-refractivity contribution in [2.75, 3.05) is 0 Å². The second-order valence-electron chi connectivity index (χ2n) is 4.70. The van der Waals surface area contributed by atoms with Crippen LogP contribution in [0.1, 0.15) is 44.1 Å². The predicted octanol–water partition coefficient (Wildman–Crippen LogP) is 3.11. The van der Waals surface area contributed by atoms with Crippen LogP contribution in [0.25, 0.3) is 0 Å². The molecule has 1 aromatic rings. The molecule has 0 aromatic heterocycles. The molecule has 0 spiro atoms. The SMILES string of the molecule is OC1(CCc2c[c]ccc2)CCCCC1. The Labute approximate surface area is 92.1 Å². The minimum Gasteiger partial charge on any atom is -0.390 e. The summed E-state index contributed by atoms with van der Waals surface area (Å²) in [4.78, 5) is 0. The molecule has 81 valence electrons. The minimum absolute atomic E-state index is 0.381. The van der Waals surface area contributed by atoms with Crippen LogP contribution in [0.4, 0.5) is 0 Å². The fourth-order valence-corrected chi connectivity index (χ4v) is 2.42. The van der Waals surface area contributed by atoms with Gasteiger partial charge >= 0.3 is 0 Å². The van der Waals surface area contributed by atoms with Gasteiger partial charge in [-0.15, -0.1) is 0 Å². The maximum absolute atomic E-state index is 10.3. The van der Waals surface area contributed by atoms with Crippen molar-refractivity contribution in [3.05, 3.63) is 35.9 Å². The minimum atomic E-state index is -0.381. The van der Waals surface area contributed by atoms with E-state index in [0.717, 1.165) is 25.7 Å². The monoisotopic (exact) mass is 203 g/mol. The zero-order valence-electron chi connectivity index (χ0n) is 9.21. The van der Waals surface area contributed by atoms with E-state index in [4.69, 9.17) is 0 Å². The molecule has 1 nitrogen and oxygen atoms in total.